The highest BCUT2D eigenvalue weighted by atomic mass is 16.4. The fourth-order valence-electron chi connectivity index (χ4n) is 3.58. The fraction of sp³-hybridized carbons (Fsp3) is 0.346. The van der Waals surface area contributed by atoms with Crippen molar-refractivity contribution >= 4 is 29.7 Å². The molecular weight excluding hydrogens is 512 g/mol. The minimum atomic E-state index is -1.60. The Balaban J connectivity index is 2.15. The topological polar surface area (TPSA) is 228 Å². The van der Waals surface area contributed by atoms with Crippen LogP contribution in [0.3, 0.4) is 0 Å². The molecule has 2 aromatic carbocycles. The summed E-state index contributed by atoms with van der Waals surface area (Å²) >= 11 is 0. The van der Waals surface area contributed by atoms with Crippen LogP contribution in [0.25, 0.3) is 0 Å². The molecule has 0 heterocycles. The van der Waals surface area contributed by atoms with E-state index in [1.54, 1.807) is 24.3 Å². The van der Waals surface area contributed by atoms with Crippen LogP contribution in [-0.4, -0.2) is 80.9 Å². The number of aromatic hydroxyl groups is 1. The Bertz CT molecular complexity index is 1140. The number of hydrogen-bond donors (Lipinski definition) is 8. The van der Waals surface area contributed by atoms with Crippen LogP contribution in [0.1, 0.15) is 24.0 Å². The number of carbonyl (C=O) groups is 5. The summed E-state index contributed by atoms with van der Waals surface area (Å²) in [6.45, 7) is -0.907. The van der Waals surface area contributed by atoms with Crippen molar-refractivity contribution in [2.45, 2.75) is 49.9 Å². The molecule has 39 heavy (non-hydrogen) atoms. The number of aliphatic hydroxyl groups excluding tert-OH is 1. The third-order valence-electron chi connectivity index (χ3n) is 5.72. The number of nitrogens with two attached hydrogens (primary N) is 1. The normalized spacial score (nSPS) is 13.8. The van der Waals surface area contributed by atoms with E-state index in [0.717, 1.165) is 5.56 Å². The molecule has 0 bridgehead atoms. The Hall–Kier alpha value is -4.49. The van der Waals surface area contributed by atoms with E-state index in [4.69, 9.17) is 10.8 Å². The van der Waals surface area contributed by atoms with Crippen LogP contribution < -0.4 is 21.7 Å². The Morgan fingerprint density at radius 3 is 1.82 bits per heavy atom. The lowest BCUT2D eigenvalue weighted by molar-refractivity contribution is -0.143. The molecule has 2 aromatic rings. The van der Waals surface area contributed by atoms with Crippen LogP contribution in [0, 0.1) is 0 Å². The van der Waals surface area contributed by atoms with E-state index in [0.29, 0.717) is 5.56 Å². The lowest BCUT2D eigenvalue weighted by atomic mass is 10.0. The first-order valence-corrected chi connectivity index (χ1v) is 12.0. The van der Waals surface area contributed by atoms with E-state index in [2.05, 4.69) is 16.0 Å². The summed E-state index contributed by atoms with van der Waals surface area (Å²) in [6, 6.07) is 9.38. The average Bonchev–Trinajstić information content (AvgIpc) is 2.90. The second kappa shape index (κ2) is 15.1. The number of aliphatic hydroxyl groups is 1. The van der Waals surface area contributed by atoms with Crippen molar-refractivity contribution in [3.63, 3.8) is 0 Å². The Morgan fingerprint density at radius 1 is 0.718 bits per heavy atom. The summed E-state index contributed by atoms with van der Waals surface area (Å²) in [5.74, 6) is -5.34. The lowest BCUT2D eigenvalue weighted by Crippen LogP contribution is -2.58. The van der Waals surface area contributed by atoms with Crippen LogP contribution >= 0.6 is 0 Å². The number of phenolic OH excluding ortho intramolecular Hbond substituents is 1. The minimum absolute atomic E-state index is 0.0124. The van der Waals surface area contributed by atoms with Gasteiger partial charge in [-0.1, -0.05) is 42.5 Å². The van der Waals surface area contributed by atoms with Crippen molar-refractivity contribution in [2.75, 3.05) is 6.61 Å². The average molecular weight is 545 g/mol. The monoisotopic (exact) mass is 544 g/mol. The summed E-state index contributed by atoms with van der Waals surface area (Å²) in [6.07, 6.45) is -0.820. The van der Waals surface area contributed by atoms with Crippen molar-refractivity contribution in [2.24, 2.45) is 5.73 Å². The van der Waals surface area contributed by atoms with Gasteiger partial charge in [0.25, 0.3) is 0 Å². The zero-order valence-electron chi connectivity index (χ0n) is 20.9. The Kier molecular flexibility index (Phi) is 11.9. The van der Waals surface area contributed by atoms with E-state index in [1.165, 1.54) is 24.3 Å². The Morgan fingerprint density at radius 2 is 1.26 bits per heavy atom. The number of hydrogen-bond acceptors (Lipinski definition) is 8. The van der Waals surface area contributed by atoms with Gasteiger partial charge in [0.05, 0.1) is 12.6 Å². The predicted molar refractivity (Wildman–Crippen MR) is 137 cm³/mol. The molecule has 210 valence electrons. The molecule has 3 amide bonds. The number of amides is 3. The molecule has 13 nitrogen and oxygen atoms in total. The van der Waals surface area contributed by atoms with Gasteiger partial charge < -0.3 is 42.1 Å². The van der Waals surface area contributed by atoms with Gasteiger partial charge in [-0.05, 0) is 36.1 Å². The molecule has 0 aliphatic heterocycles. The van der Waals surface area contributed by atoms with Crippen LogP contribution in [-0.2, 0) is 36.8 Å². The first kappa shape index (κ1) is 30.7. The number of rotatable bonds is 15. The molecule has 0 fully saturated rings. The maximum Gasteiger partial charge on any atom is 0.326 e. The van der Waals surface area contributed by atoms with Crippen LogP contribution in [0.4, 0.5) is 0 Å². The highest BCUT2D eigenvalue weighted by molar-refractivity contribution is 5.94. The molecule has 2 rings (SSSR count). The van der Waals surface area contributed by atoms with Crippen LogP contribution in [0.5, 0.6) is 5.75 Å². The molecule has 4 unspecified atom stereocenters. The zero-order valence-corrected chi connectivity index (χ0v) is 20.9. The molecule has 0 spiro atoms. The zero-order chi connectivity index (χ0) is 28.9. The van der Waals surface area contributed by atoms with E-state index in [1.807, 2.05) is 6.07 Å². The summed E-state index contributed by atoms with van der Waals surface area (Å²) < 4.78 is 0. The van der Waals surface area contributed by atoms with Crippen molar-refractivity contribution < 1.29 is 44.4 Å². The molecule has 13 heteroatoms. The van der Waals surface area contributed by atoms with E-state index < -0.39 is 73.3 Å². The first-order valence-electron chi connectivity index (χ1n) is 12.0. The summed E-state index contributed by atoms with van der Waals surface area (Å²) in [5, 5.41) is 44.2. The van der Waals surface area contributed by atoms with E-state index in [9.17, 15) is 39.3 Å². The first-order chi connectivity index (χ1) is 18.5. The quantitative estimate of drug-likeness (QED) is 0.135. The minimum Gasteiger partial charge on any atom is -0.508 e. The van der Waals surface area contributed by atoms with Crippen molar-refractivity contribution in [1.29, 1.82) is 0 Å². The van der Waals surface area contributed by atoms with Gasteiger partial charge in [0.2, 0.25) is 17.7 Å². The molecule has 0 aromatic heterocycles. The smallest absolute Gasteiger partial charge is 0.326 e. The van der Waals surface area contributed by atoms with Gasteiger partial charge in [0, 0.05) is 12.8 Å². The lowest BCUT2D eigenvalue weighted by Gasteiger charge is -2.24. The number of phenols is 1. The molecule has 0 radical (unpaired) electrons. The highest BCUT2D eigenvalue weighted by Gasteiger charge is 2.30. The summed E-state index contributed by atoms with van der Waals surface area (Å²) in [4.78, 5) is 60.7. The maximum atomic E-state index is 13.1. The fourth-order valence-corrected chi connectivity index (χ4v) is 3.58. The predicted octanol–water partition coefficient (Wildman–Crippen LogP) is -1.10. The largest absolute Gasteiger partial charge is 0.508 e. The molecule has 4 atom stereocenters. The second-order valence-corrected chi connectivity index (χ2v) is 8.80. The number of carboxylic acid groups (broad SMARTS) is 2. The number of aliphatic carboxylic acids is 2. The van der Waals surface area contributed by atoms with Gasteiger partial charge in [-0.15, -0.1) is 0 Å². The summed E-state index contributed by atoms with van der Waals surface area (Å²) in [5.41, 5.74) is 7.39. The van der Waals surface area contributed by atoms with Gasteiger partial charge in [-0.3, -0.25) is 19.2 Å². The van der Waals surface area contributed by atoms with Crippen LogP contribution in [0.15, 0.2) is 54.6 Å². The third-order valence-corrected chi connectivity index (χ3v) is 5.72. The van der Waals surface area contributed by atoms with Crippen molar-refractivity contribution in [3.8, 4) is 5.75 Å². The maximum absolute atomic E-state index is 13.1. The van der Waals surface area contributed by atoms with Crippen LogP contribution in [0.2, 0.25) is 0 Å². The Labute approximate surface area is 224 Å². The highest BCUT2D eigenvalue weighted by Crippen LogP contribution is 2.12. The number of benzene rings is 2. The van der Waals surface area contributed by atoms with E-state index >= 15 is 0 Å². The van der Waals surface area contributed by atoms with Gasteiger partial charge in [-0.2, -0.15) is 0 Å². The molecular formula is C26H32N4O9. The van der Waals surface area contributed by atoms with Gasteiger partial charge in [-0.25, -0.2) is 4.79 Å². The summed E-state index contributed by atoms with van der Waals surface area (Å²) in [7, 11) is 0. The standard InChI is InChI=1S/C26H32N4O9/c27-18(12-15-4-2-1-3-5-15)23(35)29-20(13-16-6-8-17(32)9-7-16)24(36)30-21(14-31)25(37)28-19(26(38)39)10-11-22(33)34/h1-9,18-21,31-32H,10-14,27H2,(H,28,37)(H,29,35)(H,30,36)(H,33,34)(H,38,39). The molecule has 0 aliphatic rings. The van der Waals surface area contributed by atoms with E-state index in [-0.39, 0.29) is 18.6 Å². The second-order valence-electron chi connectivity index (χ2n) is 8.80. The number of carbonyl (C=O) groups excluding carboxylic acids is 3. The molecule has 0 saturated heterocycles. The van der Waals surface area contributed by atoms with Crippen molar-refractivity contribution in [1.82, 2.24) is 16.0 Å². The molecule has 0 saturated carbocycles. The number of nitrogens with one attached hydrogen (secondary N) is 3. The third kappa shape index (κ3) is 10.4. The molecule has 0 aliphatic carbocycles. The van der Waals surface area contributed by atoms with Gasteiger partial charge in [0.15, 0.2) is 0 Å². The number of carboxylic acids is 2. The van der Waals surface area contributed by atoms with Crippen molar-refractivity contribution in [3.05, 3.63) is 65.7 Å². The van der Waals surface area contributed by atoms with Gasteiger partial charge >= 0.3 is 11.9 Å². The SMILES string of the molecule is NC(Cc1ccccc1)C(=O)NC(Cc1ccc(O)cc1)C(=O)NC(CO)C(=O)NC(CCC(=O)O)C(=O)O. The van der Waals surface area contributed by atoms with Gasteiger partial charge in [0.1, 0.15) is 23.9 Å². The molecule has 9 N–H and O–H groups in total.